The molecule has 0 saturated carbocycles. The van der Waals surface area contributed by atoms with Gasteiger partial charge in [0.25, 0.3) is 0 Å². The van der Waals surface area contributed by atoms with E-state index in [0.717, 1.165) is 12.2 Å². The average Bonchev–Trinajstić information content (AvgIpc) is 2.04. The second-order valence-electron chi connectivity index (χ2n) is 2.90. The van der Waals surface area contributed by atoms with Crippen molar-refractivity contribution in [3.8, 4) is 0 Å². The Labute approximate surface area is 85.7 Å². The maximum Gasteiger partial charge on any atom is 0.307 e. The predicted octanol–water partition coefficient (Wildman–Crippen LogP) is 1.21. The van der Waals surface area contributed by atoms with Gasteiger partial charge in [-0.3, -0.25) is 9.00 Å². The number of carboxylic acid groups (broad SMARTS) is 1. The van der Waals surface area contributed by atoms with Crippen LogP contribution in [0.2, 0.25) is 0 Å². The minimum atomic E-state index is -0.966. The first kappa shape index (κ1) is 13.0. The summed E-state index contributed by atoms with van der Waals surface area (Å²) < 4.78 is 11.3. The van der Waals surface area contributed by atoms with Crippen LogP contribution in [0.3, 0.4) is 0 Å². The minimum Gasteiger partial charge on any atom is -0.481 e. The highest BCUT2D eigenvalue weighted by molar-refractivity contribution is 7.98. The quantitative estimate of drug-likeness (QED) is 0.660. The van der Waals surface area contributed by atoms with Crippen molar-refractivity contribution in [3.63, 3.8) is 0 Å². The molecule has 0 aliphatic carbocycles. The van der Waals surface area contributed by atoms with Crippen LogP contribution in [0.5, 0.6) is 0 Å². The standard InChI is InChI=1S/C8H16O3S2/c1-7(8(9)10)6-13(11)5-3-4-12-2/h7H,3-6H2,1-2H3,(H,9,10). The summed E-state index contributed by atoms with van der Waals surface area (Å²) in [6, 6.07) is 0. The summed E-state index contributed by atoms with van der Waals surface area (Å²) in [5.41, 5.74) is 0. The fraction of sp³-hybridized carbons (Fsp3) is 0.875. The Bertz CT molecular complexity index is 182. The molecule has 0 aromatic carbocycles. The van der Waals surface area contributed by atoms with Gasteiger partial charge in [-0.2, -0.15) is 11.8 Å². The Balaban J connectivity index is 3.56. The molecule has 0 aromatic rings. The molecule has 0 bridgehead atoms. The molecule has 0 heterocycles. The lowest BCUT2D eigenvalue weighted by Gasteiger charge is -2.05. The van der Waals surface area contributed by atoms with E-state index in [2.05, 4.69) is 0 Å². The van der Waals surface area contributed by atoms with Crippen LogP contribution in [-0.4, -0.2) is 38.8 Å². The van der Waals surface area contributed by atoms with Crippen molar-refractivity contribution in [2.45, 2.75) is 13.3 Å². The zero-order valence-electron chi connectivity index (χ0n) is 7.99. The normalized spacial score (nSPS) is 15.2. The van der Waals surface area contributed by atoms with Gasteiger partial charge in [0.1, 0.15) is 0 Å². The summed E-state index contributed by atoms with van der Waals surface area (Å²) in [4.78, 5) is 10.4. The minimum absolute atomic E-state index is 0.281. The number of hydrogen-bond donors (Lipinski definition) is 1. The molecule has 0 spiro atoms. The molecule has 2 unspecified atom stereocenters. The van der Waals surface area contributed by atoms with Crippen LogP contribution >= 0.6 is 11.8 Å². The van der Waals surface area contributed by atoms with E-state index in [9.17, 15) is 9.00 Å². The Morgan fingerprint density at radius 2 is 2.23 bits per heavy atom. The van der Waals surface area contributed by atoms with Crippen LogP contribution in [0, 0.1) is 5.92 Å². The molecule has 0 radical (unpaired) electrons. The SMILES string of the molecule is CSCCCS(=O)CC(C)C(=O)O. The van der Waals surface area contributed by atoms with Crippen LogP contribution in [0.4, 0.5) is 0 Å². The first-order chi connectivity index (χ1) is 6.07. The highest BCUT2D eigenvalue weighted by Crippen LogP contribution is 2.02. The molecule has 0 saturated heterocycles. The number of carbonyl (C=O) groups is 1. The van der Waals surface area contributed by atoms with E-state index in [1.54, 1.807) is 18.7 Å². The third-order valence-electron chi connectivity index (χ3n) is 1.58. The Morgan fingerprint density at radius 1 is 1.62 bits per heavy atom. The lowest BCUT2D eigenvalue weighted by Crippen LogP contribution is -2.18. The maximum absolute atomic E-state index is 11.3. The molecule has 78 valence electrons. The third-order valence-corrected chi connectivity index (χ3v) is 3.89. The first-order valence-electron chi connectivity index (χ1n) is 4.14. The molecule has 0 fully saturated rings. The maximum atomic E-state index is 11.3. The van der Waals surface area contributed by atoms with Gasteiger partial charge in [-0.05, 0) is 18.4 Å². The smallest absolute Gasteiger partial charge is 0.307 e. The molecule has 0 aliphatic rings. The van der Waals surface area contributed by atoms with Gasteiger partial charge in [-0.1, -0.05) is 6.92 Å². The first-order valence-corrected chi connectivity index (χ1v) is 7.02. The molecular formula is C8H16O3S2. The van der Waals surface area contributed by atoms with Gasteiger partial charge in [0.2, 0.25) is 0 Å². The second kappa shape index (κ2) is 7.38. The van der Waals surface area contributed by atoms with E-state index in [1.807, 2.05) is 6.26 Å². The molecule has 5 heteroatoms. The molecule has 0 aliphatic heterocycles. The topological polar surface area (TPSA) is 54.4 Å². The lowest BCUT2D eigenvalue weighted by molar-refractivity contribution is -0.140. The van der Waals surface area contributed by atoms with Crippen molar-refractivity contribution in [3.05, 3.63) is 0 Å². The third kappa shape index (κ3) is 7.07. The zero-order valence-corrected chi connectivity index (χ0v) is 9.62. The number of hydrogen-bond acceptors (Lipinski definition) is 3. The van der Waals surface area contributed by atoms with Gasteiger partial charge in [0.15, 0.2) is 0 Å². The molecule has 0 amide bonds. The van der Waals surface area contributed by atoms with Gasteiger partial charge in [-0.15, -0.1) is 0 Å². The number of rotatable bonds is 7. The largest absolute Gasteiger partial charge is 0.481 e. The van der Waals surface area contributed by atoms with E-state index >= 15 is 0 Å². The number of thioether (sulfide) groups is 1. The summed E-state index contributed by atoms with van der Waals surface area (Å²) in [6.45, 7) is 1.59. The van der Waals surface area contributed by atoms with Crippen LogP contribution in [0.15, 0.2) is 0 Å². The number of carboxylic acids is 1. The van der Waals surface area contributed by atoms with Gasteiger partial charge in [0.05, 0.1) is 5.92 Å². The van der Waals surface area contributed by atoms with Gasteiger partial charge >= 0.3 is 5.97 Å². The van der Waals surface area contributed by atoms with Crippen LogP contribution in [-0.2, 0) is 15.6 Å². The lowest BCUT2D eigenvalue weighted by atomic mass is 10.2. The fourth-order valence-corrected chi connectivity index (χ4v) is 2.75. The van der Waals surface area contributed by atoms with Gasteiger partial charge in [-0.25, -0.2) is 0 Å². The van der Waals surface area contributed by atoms with Crippen LogP contribution in [0.25, 0.3) is 0 Å². The molecule has 3 nitrogen and oxygen atoms in total. The van der Waals surface area contributed by atoms with Crippen molar-refractivity contribution < 1.29 is 14.1 Å². The molecule has 2 atom stereocenters. The van der Waals surface area contributed by atoms with Crippen molar-refractivity contribution in [2.24, 2.45) is 5.92 Å². The Morgan fingerprint density at radius 3 is 2.69 bits per heavy atom. The predicted molar refractivity (Wildman–Crippen MR) is 57.7 cm³/mol. The van der Waals surface area contributed by atoms with E-state index in [4.69, 9.17) is 5.11 Å². The summed E-state index contributed by atoms with van der Waals surface area (Å²) in [5, 5.41) is 8.56. The summed E-state index contributed by atoms with van der Waals surface area (Å²) in [7, 11) is -0.966. The highest BCUT2D eigenvalue weighted by atomic mass is 32.2. The van der Waals surface area contributed by atoms with Crippen molar-refractivity contribution >= 4 is 28.5 Å². The Hall–Kier alpha value is -0.0300. The van der Waals surface area contributed by atoms with E-state index < -0.39 is 22.7 Å². The molecular weight excluding hydrogens is 208 g/mol. The number of aliphatic carboxylic acids is 1. The fourth-order valence-electron chi connectivity index (χ4n) is 0.798. The summed E-state index contributed by atoms with van der Waals surface area (Å²) in [5.74, 6) is 0.545. The summed E-state index contributed by atoms with van der Waals surface area (Å²) >= 11 is 1.72. The average molecular weight is 224 g/mol. The Kier molecular flexibility index (Phi) is 7.36. The van der Waals surface area contributed by atoms with Crippen molar-refractivity contribution in [1.29, 1.82) is 0 Å². The zero-order chi connectivity index (χ0) is 10.3. The van der Waals surface area contributed by atoms with Crippen molar-refractivity contribution in [1.82, 2.24) is 0 Å². The summed E-state index contributed by atoms with van der Waals surface area (Å²) in [6.07, 6.45) is 2.91. The second-order valence-corrected chi connectivity index (χ2v) is 5.50. The van der Waals surface area contributed by atoms with Gasteiger partial charge in [0, 0.05) is 22.3 Å². The van der Waals surface area contributed by atoms with E-state index in [-0.39, 0.29) is 5.75 Å². The van der Waals surface area contributed by atoms with Crippen molar-refractivity contribution in [2.75, 3.05) is 23.5 Å². The van der Waals surface area contributed by atoms with Crippen LogP contribution in [0.1, 0.15) is 13.3 Å². The molecule has 0 aromatic heterocycles. The molecule has 0 rings (SSSR count). The van der Waals surface area contributed by atoms with E-state index in [0.29, 0.717) is 5.75 Å². The molecule has 1 N–H and O–H groups in total. The van der Waals surface area contributed by atoms with Crippen LogP contribution < -0.4 is 0 Å². The highest BCUT2D eigenvalue weighted by Gasteiger charge is 2.13. The monoisotopic (exact) mass is 224 g/mol. The van der Waals surface area contributed by atoms with E-state index in [1.165, 1.54) is 0 Å². The van der Waals surface area contributed by atoms with Gasteiger partial charge < -0.3 is 5.11 Å². The molecule has 13 heavy (non-hydrogen) atoms.